The van der Waals surface area contributed by atoms with Gasteiger partial charge in [0.15, 0.2) is 5.43 Å². The van der Waals surface area contributed by atoms with E-state index in [1.807, 2.05) is 0 Å². The maximum Gasteiger partial charge on any atom is 0.354 e. The van der Waals surface area contributed by atoms with E-state index in [9.17, 15) is 18.4 Å². The van der Waals surface area contributed by atoms with Crippen LogP contribution in [0, 0.1) is 11.6 Å². The van der Waals surface area contributed by atoms with Gasteiger partial charge in [0.05, 0.1) is 24.9 Å². The van der Waals surface area contributed by atoms with Gasteiger partial charge in [0.1, 0.15) is 29.2 Å². The molecule has 146 valence electrons. The van der Waals surface area contributed by atoms with Gasteiger partial charge in [-0.3, -0.25) is 4.79 Å². The number of benzene rings is 2. The zero-order valence-electron chi connectivity index (χ0n) is 15.2. The Morgan fingerprint density at radius 2 is 1.86 bits per heavy atom. The van der Waals surface area contributed by atoms with E-state index in [1.165, 1.54) is 25.5 Å². The van der Waals surface area contributed by atoms with E-state index < -0.39 is 17.6 Å². The van der Waals surface area contributed by atoms with Crippen LogP contribution in [-0.2, 0) is 11.3 Å². The first-order chi connectivity index (χ1) is 14.0. The summed E-state index contributed by atoms with van der Waals surface area (Å²) >= 11 is 0. The Hall–Kier alpha value is -3.81. The molecule has 8 heteroatoms. The molecular formula is C21H14F2N2O4. The molecule has 0 amide bonds. The van der Waals surface area contributed by atoms with Crippen molar-refractivity contribution < 1.29 is 22.7 Å². The van der Waals surface area contributed by atoms with Crippen molar-refractivity contribution in [3.05, 3.63) is 88.0 Å². The summed E-state index contributed by atoms with van der Waals surface area (Å²) < 4.78 is 39.6. The molecule has 0 saturated heterocycles. The van der Waals surface area contributed by atoms with E-state index >= 15 is 0 Å². The van der Waals surface area contributed by atoms with Crippen LogP contribution < -0.4 is 5.43 Å². The number of fused-ring (bicyclic) bond motifs is 1. The molecule has 0 fully saturated rings. The molecule has 0 radical (unpaired) electrons. The van der Waals surface area contributed by atoms with Crippen molar-refractivity contribution >= 4 is 16.9 Å². The fraction of sp³-hybridized carbons (Fsp3) is 0.0952. The van der Waals surface area contributed by atoms with Gasteiger partial charge in [-0.2, -0.15) is 0 Å². The van der Waals surface area contributed by atoms with E-state index in [2.05, 4.69) is 4.98 Å². The molecule has 0 aliphatic carbocycles. The summed E-state index contributed by atoms with van der Waals surface area (Å²) in [5.74, 6) is -2.53. The molecule has 6 nitrogen and oxygen atoms in total. The second kappa shape index (κ2) is 7.31. The number of oxazole rings is 1. The van der Waals surface area contributed by atoms with E-state index in [4.69, 9.17) is 9.15 Å². The van der Waals surface area contributed by atoms with Gasteiger partial charge in [-0.05, 0) is 24.3 Å². The molecule has 2 heterocycles. The number of pyridine rings is 1. The molecule has 4 rings (SSSR count). The predicted octanol–water partition coefficient (Wildman–Crippen LogP) is 3.77. The van der Waals surface area contributed by atoms with E-state index in [0.29, 0.717) is 16.6 Å². The molecule has 2 aromatic carbocycles. The molecule has 4 aromatic rings. The summed E-state index contributed by atoms with van der Waals surface area (Å²) in [7, 11) is 1.21. The number of carbonyl (C=O) groups excluding carboxylic acids is 1. The lowest BCUT2D eigenvalue weighted by molar-refractivity contribution is 0.0588. The van der Waals surface area contributed by atoms with Crippen molar-refractivity contribution in [1.82, 2.24) is 9.55 Å². The lowest BCUT2D eigenvalue weighted by Gasteiger charge is -2.14. The first-order valence-electron chi connectivity index (χ1n) is 8.59. The first kappa shape index (κ1) is 18.5. The van der Waals surface area contributed by atoms with Gasteiger partial charge in [0, 0.05) is 11.5 Å². The Bertz CT molecular complexity index is 1270. The molecular weight excluding hydrogens is 382 g/mol. The van der Waals surface area contributed by atoms with Crippen LogP contribution in [0.15, 0.2) is 64.0 Å². The van der Waals surface area contributed by atoms with Gasteiger partial charge in [-0.1, -0.05) is 18.2 Å². The second-order valence-corrected chi connectivity index (χ2v) is 6.23. The monoisotopic (exact) mass is 396 g/mol. The highest BCUT2D eigenvalue weighted by atomic mass is 19.1. The Morgan fingerprint density at radius 1 is 1.14 bits per heavy atom. The number of hydrogen-bond donors (Lipinski definition) is 0. The third-order valence-corrected chi connectivity index (χ3v) is 4.46. The number of hydrogen-bond acceptors (Lipinski definition) is 5. The third kappa shape index (κ3) is 3.29. The molecule has 0 N–H and O–H groups in total. The number of carbonyl (C=O) groups is 1. The lowest BCUT2D eigenvalue weighted by Crippen LogP contribution is -2.20. The quantitative estimate of drug-likeness (QED) is 0.491. The Balaban J connectivity index is 1.83. The van der Waals surface area contributed by atoms with Crippen LogP contribution in [0.25, 0.3) is 22.4 Å². The number of nitrogens with zero attached hydrogens (tertiary/aromatic N) is 2. The topological polar surface area (TPSA) is 74.3 Å². The summed E-state index contributed by atoms with van der Waals surface area (Å²) in [6.45, 7) is 0.0186. The smallest absolute Gasteiger partial charge is 0.354 e. The fourth-order valence-corrected chi connectivity index (χ4v) is 3.13. The highest BCUT2D eigenvalue weighted by Gasteiger charge is 2.20. The zero-order valence-corrected chi connectivity index (χ0v) is 15.2. The van der Waals surface area contributed by atoms with Gasteiger partial charge in [0.25, 0.3) is 0 Å². The summed E-state index contributed by atoms with van der Waals surface area (Å²) in [5.41, 5.74) is 0.115. The maximum absolute atomic E-state index is 14.0. The molecule has 2 aromatic heterocycles. The van der Waals surface area contributed by atoms with Crippen LogP contribution in [-0.4, -0.2) is 22.6 Å². The molecule has 0 unspecified atom stereocenters. The predicted molar refractivity (Wildman–Crippen MR) is 101 cm³/mol. The van der Waals surface area contributed by atoms with Crippen LogP contribution in [0.5, 0.6) is 0 Å². The lowest BCUT2D eigenvalue weighted by atomic mass is 10.1. The van der Waals surface area contributed by atoms with Gasteiger partial charge in [0.2, 0.25) is 5.89 Å². The van der Waals surface area contributed by atoms with Crippen molar-refractivity contribution in [2.45, 2.75) is 6.54 Å². The summed E-state index contributed by atoms with van der Waals surface area (Å²) in [5, 5.41) is 0.406. The van der Waals surface area contributed by atoms with E-state index in [1.54, 1.807) is 28.8 Å². The minimum Gasteiger partial charge on any atom is -0.464 e. The Labute approximate surface area is 163 Å². The minimum atomic E-state index is -0.803. The number of para-hydroxylation sites is 1. The summed E-state index contributed by atoms with van der Waals surface area (Å²) in [6, 6.07) is 11.4. The fourth-order valence-electron chi connectivity index (χ4n) is 3.13. The average molecular weight is 396 g/mol. The molecule has 0 bridgehead atoms. The van der Waals surface area contributed by atoms with Crippen molar-refractivity contribution in [3.8, 4) is 11.5 Å². The first-order valence-corrected chi connectivity index (χ1v) is 8.59. The summed E-state index contributed by atoms with van der Waals surface area (Å²) in [4.78, 5) is 28.7. The largest absolute Gasteiger partial charge is 0.464 e. The molecule has 29 heavy (non-hydrogen) atoms. The summed E-state index contributed by atoms with van der Waals surface area (Å²) in [6.07, 6.45) is 1.25. The normalized spacial score (nSPS) is 11.0. The van der Waals surface area contributed by atoms with Gasteiger partial charge < -0.3 is 13.7 Å². The number of aromatic nitrogens is 2. The van der Waals surface area contributed by atoms with Crippen molar-refractivity contribution in [2.75, 3.05) is 7.11 Å². The third-order valence-electron chi connectivity index (χ3n) is 4.46. The number of ether oxygens (including phenoxy) is 1. The van der Waals surface area contributed by atoms with E-state index in [0.717, 1.165) is 12.1 Å². The Kier molecular flexibility index (Phi) is 4.67. The molecule has 0 aliphatic heterocycles. The maximum atomic E-state index is 14.0. The van der Waals surface area contributed by atoms with Crippen molar-refractivity contribution in [3.63, 3.8) is 0 Å². The molecule has 0 saturated carbocycles. The number of esters is 1. The van der Waals surface area contributed by atoms with E-state index in [-0.39, 0.29) is 29.1 Å². The SMILES string of the molecule is COC(=O)c1cc(=O)c2ccccc2n1Cc1coc(-c2c(F)cccc2F)n1. The zero-order chi connectivity index (χ0) is 20.5. The second-order valence-electron chi connectivity index (χ2n) is 6.23. The van der Waals surface area contributed by atoms with Crippen LogP contribution in [0.3, 0.4) is 0 Å². The van der Waals surface area contributed by atoms with Crippen LogP contribution in [0.1, 0.15) is 16.2 Å². The minimum absolute atomic E-state index is 0.0186. The van der Waals surface area contributed by atoms with Gasteiger partial charge in [-0.15, -0.1) is 0 Å². The Morgan fingerprint density at radius 3 is 2.59 bits per heavy atom. The highest BCUT2D eigenvalue weighted by Crippen LogP contribution is 2.26. The molecule has 0 spiro atoms. The highest BCUT2D eigenvalue weighted by molar-refractivity contribution is 5.91. The number of methoxy groups -OCH3 is 1. The number of rotatable bonds is 4. The standard InChI is InChI=1S/C21H14F2N2O4/c1-28-21(27)17-9-18(26)13-5-2-3-8-16(13)25(17)10-12-11-29-20(24-12)19-14(22)6-4-7-15(19)23/h2-9,11H,10H2,1H3. The van der Waals surface area contributed by atoms with Crippen LogP contribution in [0.4, 0.5) is 8.78 Å². The van der Waals surface area contributed by atoms with Crippen molar-refractivity contribution in [2.24, 2.45) is 0 Å². The van der Waals surface area contributed by atoms with Crippen LogP contribution >= 0.6 is 0 Å². The number of halogens is 2. The molecule has 0 atom stereocenters. The van der Waals surface area contributed by atoms with Crippen molar-refractivity contribution in [1.29, 1.82) is 0 Å². The van der Waals surface area contributed by atoms with Gasteiger partial charge in [-0.25, -0.2) is 18.6 Å². The van der Waals surface area contributed by atoms with Gasteiger partial charge >= 0.3 is 5.97 Å². The molecule has 0 aliphatic rings. The van der Waals surface area contributed by atoms with Crippen LogP contribution in [0.2, 0.25) is 0 Å². The average Bonchev–Trinajstić information content (AvgIpc) is 3.17.